The Bertz CT molecular complexity index is 1130. The van der Waals surface area contributed by atoms with Gasteiger partial charge in [0.05, 0.1) is 23.3 Å². The quantitative estimate of drug-likeness (QED) is 0.438. The first-order valence-corrected chi connectivity index (χ1v) is 10.6. The molecule has 0 spiro atoms. The van der Waals surface area contributed by atoms with Crippen LogP contribution in [0, 0.1) is 13.8 Å². The monoisotopic (exact) mass is 401 g/mol. The molecular formula is C24H23N3OS. The summed E-state index contributed by atoms with van der Waals surface area (Å²) >= 11 is 1.47. The van der Waals surface area contributed by atoms with Gasteiger partial charge in [0, 0.05) is 5.69 Å². The van der Waals surface area contributed by atoms with Crippen molar-refractivity contribution in [3.63, 3.8) is 0 Å². The van der Waals surface area contributed by atoms with Crippen molar-refractivity contribution in [2.75, 3.05) is 11.1 Å². The summed E-state index contributed by atoms with van der Waals surface area (Å²) in [6.07, 6.45) is 0. The molecule has 0 aliphatic heterocycles. The van der Waals surface area contributed by atoms with Crippen molar-refractivity contribution in [1.29, 1.82) is 0 Å². The van der Waals surface area contributed by atoms with E-state index < -0.39 is 0 Å². The smallest absolute Gasteiger partial charge is 0.234 e. The number of thioether (sulfide) groups is 1. The summed E-state index contributed by atoms with van der Waals surface area (Å²) in [6, 6.07) is 24.4. The minimum Gasteiger partial charge on any atom is -0.325 e. The molecule has 1 aromatic heterocycles. The van der Waals surface area contributed by atoms with Gasteiger partial charge in [0.25, 0.3) is 0 Å². The van der Waals surface area contributed by atoms with Crippen LogP contribution in [-0.2, 0) is 11.3 Å². The third-order valence-electron chi connectivity index (χ3n) is 4.88. The average Bonchev–Trinajstić information content (AvgIpc) is 3.08. The minimum atomic E-state index is -0.0225. The zero-order valence-corrected chi connectivity index (χ0v) is 17.4. The number of benzene rings is 3. The summed E-state index contributed by atoms with van der Waals surface area (Å²) in [5.41, 5.74) is 6.27. The van der Waals surface area contributed by atoms with Crippen LogP contribution in [0.25, 0.3) is 11.0 Å². The summed E-state index contributed by atoms with van der Waals surface area (Å²) in [7, 11) is 0. The summed E-state index contributed by atoms with van der Waals surface area (Å²) in [5.74, 6) is 0.289. The van der Waals surface area contributed by atoms with Gasteiger partial charge in [-0.3, -0.25) is 4.79 Å². The Hall–Kier alpha value is -3.05. The molecule has 4 aromatic rings. The number of para-hydroxylation sites is 3. The van der Waals surface area contributed by atoms with Gasteiger partial charge in [-0.25, -0.2) is 4.98 Å². The first-order valence-electron chi connectivity index (χ1n) is 9.60. The number of carbonyl (C=O) groups is 1. The number of carbonyl (C=O) groups excluding carboxylic acids is 1. The summed E-state index contributed by atoms with van der Waals surface area (Å²) in [6.45, 7) is 4.74. The van der Waals surface area contributed by atoms with Crippen molar-refractivity contribution in [1.82, 2.24) is 9.55 Å². The van der Waals surface area contributed by atoms with Gasteiger partial charge in [-0.2, -0.15) is 0 Å². The van der Waals surface area contributed by atoms with Gasteiger partial charge in [0.1, 0.15) is 0 Å². The zero-order chi connectivity index (χ0) is 20.2. The van der Waals surface area contributed by atoms with Crippen molar-refractivity contribution in [2.24, 2.45) is 0 Å². The Labute approximate surface area is 175 Å². The van der Waals surface area contributed by atoms with Crippen molar-refractivity contribution >= 4 is 34.4 Å². The predicted octanol–water partition coefficient (Wildman–Crippen LogP) is 5.43. The molecule has 0 bridgehead atoms. The molecule has 0 aliphatic rings. The second-order valence-electron chi connectivity index (χ2n) is 7.06. The minimum absolute atomic E-state index is 0.0225. The zero-order valence-electron chi connectivity index (χ0n) is 16.6. The first kappa shape index (κ1) is 19.3. The molecule has 0 fully saturated rings. The van der Waals surface area contributed by atoms with E-state index in [1.807, 2.05) is 68.4 Å². The predicted molar refractivity (Wildman–Crippen MR) is 121 cm³/mol. The van der Waals surface area contributed by atoms with Crippen molar-refractivity contribution in [3.8, 4) is 0 Å². The lowest BCUT2D eigenvalue weighted by Crippen LogP contribution is -2.16. The molecule has 0 saturated heterocycles. The van der Waals surface area contributed by atoms with Crippen LogP contribution in [0.2, 0.25) is 0 Å². The van der Waals surface area contributed by atoms with Gasteiger partial charge < -0.3 is 9.88 Å². The molecule has 0 unspecified atom stereocenters. The Morgan fingerprint density at radius 3 is 2.38 bits per heavy atom. The summed E-state index contributed by atoms with van der Waals surface area (Å²) in [5, 5.41) is 3.91. The lowest BCUT2D eigenvalue weighted by molar-refractivity contribution is -0.113. The second-order valence-corrected chi connectivity index (χ2v) is 8.00. The highest BCUT2D eigenvalue weighted by Crippen LogP contribution is 2.26. The lowest BCUT2D eigenvalue weighted by atomic mass is 10.1. The van der Waals surface area contributed by atoms with Crippen LogP contribution in [-0.4, -0.2) is 21.2 Å². The number of aromatic nitrogens is 2. The third kappa shape index (κ3) is 4.35. The van der Waals surface area contributed by atoms with Crippen molar-refractivity contribution in [2.45, 2.75) is 25.5 Å². The molecule has 3 aromatic carbocycles. The van der Waals surface area contributed by atoms with E-state index in [2.05, 4.69) is 28.1 Å². The average molecular weight is 402 g/mol. The van der Waals surface area contributed by atoms with Gasteiger partial charge in [0.15, 0.2) is 5.16 Å². The number of nitrogens with one attached hydrogen (secondary N) is 1. The highest BCUT2D eigenvalue weighted by molar-refractivity contribution is 7.99. The first-order chi connectivity index (χ1) is 14.1. The number of imidazole rings is 1. The van der Waals surface area contributed by atoms with Crippen molar-refractivity contribution in [3.05, 3.63) is 89.5 Å². The molecule has 5 heteroatoms. The molecule has 29 heavy (non-hydrogen) atoms. The molecule has 1 amide bonds. The van der Waals surface area contributed by atoms with Gasteiger partial charge in [-0.1, -0.05) is 72.4 Å². The molecule has 4 rings (SSSR count). The largest absolute Gasteiger partial charge is 0.325 e. The molecule has 0 atom stereocenters. The van der Waals surface area contributed by atoms with Gasteiger partial charge >= 0.3 is 0 Å². The van der Waals surface area contributed by atoms with E-state index in [0.29, 0.717) is 5.75 Å². The number of rotatable bonds is 6. The number of amides is 1. The fraction of sp³-hybridized carbons (Fsp3) is 0.167. The van der Waals surface area contributed by atoms with Crippen LogP contribution >= 0.6 is 11.8 Å². The number of nitrogens with zero attached hydrogens (tertiary/aromatic N) is 2. The van der Waals surface area contributed by atoms with Crippen LogP contribution in [0.4, 0.5) is 5.69 Å². The van der Waals surface area contributed by atoms with Gasteiger partial charge in [-0.15, -0.1) is 0 Å². The van der Waals surface area contributed by atoms with Crippen LogP contribution in [0.3, 0.4) is 0 Å². The molecule has 0 saturated carbocycles. The van der Waals surface area contributed by atoms with E-state index in [9.17, 15) is 4.79 Å². The molecule has 1 N–H and O–H groups in total. The summed E-state index contributed by atoms with van der Waals surface area (Å²) < 4.78 is 2.18. The van der Waals surface area contributed by atoms with E-state index >= 15 is 0 Å². The number of fused-ring (bicyclic) bond motifs is 1. The fourth-order valence-corrected chi connectivity index (χ4v) is 4.21. The van der Waals surface area contributed by atoms with E-state index in [-0.39, 0.29) is 5.91 Å². The SMILES string of the molecule is Cc1cccc(C)c1NC(=O)CSc1nc2ccccc2n1Cc1ccccc1. The van der Waals surface area contributed by atoms with Crippen LogP contribution in [0.1, 0.15) is 16.7 Å². The van der Waals surface area contributed by atoms with Crippen LogP contribution in [0.5, 0.6) is 0 Å². The van der Waals surface area contributed by atoms with Crippen LogP contribution < -0.4 is 5.32 Å². The summed E-state index contributed by atoms with van der Waals surface area (Å²) in [4.78, 5) is 17.4. The topological polar surface area (TPSA) is 46.9 Å². The lowest BCUT2D eigenvalue weighted by Gasteiger charge is -2.12. The fourth-order valence-electron chi connectivity index (χ4n) is 3.40. The van der Waals surface area contributed by atoms with E-state index in [0.717, 1.165) is 39.5 Å². The van der Waals surface area contributed by atoms with E-state index in [1.165, 1.54) is 17.3 Å². The Morgan fingerprint density at radius 1 is 0.931 bits per heavy atom. The normalized spacial score (nSPS) is 11.0. The Kier molecular flexibility index (Phi) is 5.67. The van der Waals surface area contributed by atoms with Crippen LogP contribution in [0.15, 0.2) is 78.0 Å². The maximum absolute atomic E-state index is 12.6. The number of hydrogen-bond acceptors (Lipinski definition) is 3. The Morgan fingerprint density at radius 2 is 1.62 bits per heavy atom. The maximum atomic E-state index is 12.6. The Balaban J connectivity index is 1.54. The second kappa shape index (κ2) is 8.53. The number of hydrogen-bond donors (Lipinski definition) is 1. The highest BCUT2D eigenvalue weighted by Gasteiger charge is 2.14. The molecule has 0 radical (unpaired) electrons. The number of anilines is 1. The molecule has 146 valence electrons. The maximum Gasteiger partial charge on any atom is 0.234 e. The van der Waals surface area contributed by atoms with Crippen molar-refractivity contribution < 1.29 is 4.79 Å². The molecule has 1 heterocycles. The highest BCUT2D eigenvalue weighted by atomic mass is 32.2. The third-order valence-corrected chi connectivity index (χ3v) is 5.86. The standard InChI is InChI=1S/C24H23N3OS/c1-17-9-8-10-18(2)23(17)26-22(28)16-29-24-25-20-13-6-7-14-21(20)27(24)15-19-11-4-3-5-12-19/h3-14H,15-16H2,1-2H3,(H,26,28). The van der Waals surface area contributed by atoms with E-state index in [1.54, 1.807) is 0 Å². The molecular weight excluding hydrogens is 378 g/mol. The number of aryl methyl sites for hydroxylation is 2. The van der Waals surface area contributed by atoms with Gasteiger partial charge in [-0.05, 0) is 42.7 Å². The van der Waals surface area contributed by atoms with E-state index in [4.69, 9.17) is 4.98 Å². The molecule has 4 nitrogen and oxygen atoms in total. The molecule has 0 aliphatic carbocycles. The van der Waals surface area contributed by atoms with Gasteiger partial charge in [0.2, 0.25) is 5.91 Å².